The molecule has 0 aliphatic heterocycles. The number of hydrogen-bond donors (Lipinski definition) is 1. The Labute approximate surface area is 91.7 Å². The summed E-state index contributed by atoms with van der Waals surface area (Å²) in [4.78, 5) is 0. The van der Waals surface area contributed by atoms with E-state index in [1.54, 1.807) is 0 Å². The topological polar surface area (TPSA) is 35.2 Å². The first kappa shape index (κ1) is 11.8. The summed E-state index contributed by atoms with van der Waals surface area (Å²) in [7, 11) is 0. The summed E-state index contributed by atoms with van der Waals surface area (Å²) in [5, 5.41) is 0. The molecule has 82 valence electrons. The molecule has 0 aromatic heterocycles. The highest BCUT2D eigenvalue weighted by Crippen LogP contribution is 2.23. The van der Waals surface area contributed by atoms with Gasteiger partial charge in [-0.15, -0.1) is 6.58 Å². The minimum Gasteiger partial charge on any atom is -0.494 e. The third-order valence-corrected chi connectivity index (χ3v) is 2.27. The summed E-state index contributed by atoms with van der Waals surface area (Å²) >= 11 is 0. The average molecular weight is 205 g/mol. The quantitative estimate of drug-likeness (QED) is 0.750. The summed E-state index contributed by atoms with van der Waals surface area (Å²) in [6, 6.07) is 6.16. The molecule has 0 heterocycles. The molecule has 0 aliphatic rings. The summed E-state index contributed by atoms with van der Waals surface area (Å²) < 4.78 is 5.54. The number of benzene rings is 1. The zero-order valence-electron chi connectivity index (χ0n) is 9.49. The van der Waals surface area contributed by atoms with Crippen LogP contribution in [0.15, 0.2) is 30.9 Å². The fraction of sp³-hybridized carbons (Fsp3) is 0.385. The van der Waals surface area contributed by atoms with E-state index in [1.807, 2.05) is 32.1 Å². The van der Waals surface area contributed by atoms with Crippen LogP contribution in [0.2, 0.25) is 0 Å². The SMILES string of the molecule is C=CCc1cc(C(C)N)ccc1OCC. The van der Waals surface area contributed by atoms with Crippen molar-refractivity contribution in [2.24, 2.45) is 5.73 Å². The maximum Gasteiger partial charge on any atom is 0.122 e. The molecule has 1 rings (SSSR count). The van der Waals surface area contributed by atoms with Gasteiger partial charge in [-0.2, -0.15) is 0 Å². The predicted octanol–water partition coefficient (Wildman–Crippen LogP) is 2.83. The minimum absolute atomic E-state index is 0.0595. The van der Waals surface area contributed by atoms with Crippen molar-refractivity contribution < 1.29 is 4.74 Å². The van der Waals surface area contributed by atoms with Gasteiger partial charge in [0, 0.05) is 6.04 Å². The van der Waals surface area contributed by atoms with Crippen LogP contribution in [0.5, 0.6) is 5.75 Å². The van der Waals surface area contributed by atoms with Crippen LogP contribution in [-0.2, 0) is 6.42 Å². The van der Waals surface area contributed by atoms with Crippen LogP contribution in [0.3, 0.4) is 0 Å². The van der Waals surface area contributed by atoms with Gasteiger partial charge in [0.15, 0.2) is 0 Å². The molecule has 0 saturated carbocycles. The van der Waals surface area contributed by atoms with Gasteiger partial charge in [-0.05, 0) is 37.5 Å². The lowest BCUT2D eigenvalue weighted by molar-refractivity contribution is 0.337. The maximum atomic E-state index is 5.84. The van der Waals surface area contributed by atoms with E-state index in [0.717, 1.165) is 23.3 Å². The van der Waals surface area contributed by atoms with Gasteiger partial charge < -0.3 is 10.5 Å². The van der Waals surface area contributed by atoms with Crippen molar-refractivity contribution in [3.8, 4) is 5.75 Å². The van der Waals surface area contributed by atoms with Crippen molar-refractivity contribution in [1.82, 2.24) is 0 Å². The molecule has 2 N–H and O–H groups in total. The molecule has 0 radical (unpaired) electrons. The van der Waals surface area contributed by atoms with Crippen molar-refractivity contribution in [1.29, 1.82) is 0 Å². The molecule has 0 saturated heterocycles. The third-order valence-electron chi connectivity index (χ3n) is 2.27. The minimum atomic E-state index is 0.0595. The lowest BCUT2D eigenvalue weighted by Crippen LogP contribution is -2.06. The maximum absolute atomic E-state index is 5.84. The van der Waals surface area contributed by atoms with Crippen LogP contribution in [0.1, 0.15) is 31.0 Å². The Morgan fingerprint density at radius 1 is 1.53 bits per heavy atom. The molecular formula is C13H19NO. The smallest absolute Gasteiger partial charge is 0.122 e. The van der Waals surface area contributed by atoms with E-state index in [0.29, 0.717) is 6.61 Å². The lowest BCUT2D eigenvalue weighted by atomic mass is 10.0. The standard InChI is InChI=1S/C13H19NO/c1-4-6-12-9-11(10(3)14)7-8-13(12)15-5-2/h4,7-10H,1,5-6,14H2,2-3H3. The second kappa shape index (κ2) is 5.56. The Bertz CT molecular complexity index is 331. The fourth-order valence-corrected chi connectivity index (χ4v) is 1.49. The molecule has 2 nitrogen and oxygen atoms in total. The van der Waals surface area contributed by atoms with E-state index in [1.165, 1.54) is 0 Å². The number of hydrogen-bond acceptors (Lipinski definition) is 2. The molecular weight excluding hydrogens is 186 g/mol. The van der Waals surface area contributed by atoms with Gasteiger partial charge in [-0.3, -0.25) is 0 Å². The highest BCUT2D eigenvalue weighted by Gasteiger charge is 2.05. The Morgan fingerprint density at radius 3 is 2.80 bits per heavy atom. The van der Waals surface area contributed by atoms with Crippen molar-refractivity contribution in [3.63, 3.8) is 0 Å². The van der Waals surface area contributed by atoms with Gasteiger partial charge in [-0.25, -0.2) is 0 Å². The number of allylic oxidation sites excluding steroid dienone is 1. The van der Waals surface area contributed by atoms with E-state index in [2.05, 4.69) is 12.6 Å². The molecule has 1 aromatic carbocycles. The first-order valence-electron chi connectivity index (χ1n) is 5.31. The molecule has 1 unspecified atom stereocenters. The highest BCUT2D eigenvalue weighted by molar-refractivity contribution is 5.39. The van der Waals surface area contributed by atoms with E-state index in [9.17, 15) is 0 Å². The van der Waals surface area contributed by atoms with Gasteiger partial charge >= 0.3 is 0 Å². The van der Waals surface area contributed by atoms with Gasteiger partial charge in [0.25, 0.3) is 0 Å². The van der Waals surface area contributed by atoms with Gasteiger partial charge in [0.1, 0.15) is 5.75 Å². The Hall–Kier alpha value is -1.28. The Kier molecular flexibility index (Phi) is 4.37. The predicted molar refractivity (Wildman–Crippen MR) is 64.1 cm³/mol. The van der Waals surface area contributed by atoms with Crippen molar-refractivity contribution in [2.45, 2.75) is 26.3 Å². The second-order valence-electron chi connectivity index (χ2n) is 3.58. The zero-order chi connectivity index (χ0) is 11.3. The van der Waals surface area contributed by atoms with Crippen LogP contribution >= 0.6 is 0 Å². The molecule has 2 heteroatoms. The number of rotatable bonds is 5. The molecule has 1 aromatic rings. The van der Waals surface area contributed by atoms with Gasteiger partial charge in [0.2, 0.25) is 0 Å². The van der Waals surface area contributed by atoms with Crippen LogP contribution < -0.4 is 10.5 Å². The molecule has 15 heavy (non-hydrogen) atoms. The molecule has 0 spiro atoms. The number of nitrogens with two attached hydrogens (primary N) is 1. The molecule has 0 aliphatic carbocycles. The zero-order valence-corrected chi connectivity index (χ0v) is 9.49. The monoisotopic (exact) mass is 205 g/mol. The highest BCUT2D eigenvalue weighted by atomic mass is 16.5. The normalized spacial score (nSPS) is 12.2. The summed E-state index contributed by atoms with van der Waals surface area (Å²) in [5.74, 6) is 0.932. The van der Waals surface area contributed by atoms with Crippen molar-refractivity contribution in [3.05, 3.63) is 42.0 Å². The van der Waals surface area contributed by atoms with Gasteiger partial charge in [0.05, 0.1) is 6.61 Å². The van der Waals surface area contributed by atoms with E-state index in [-0.39, 0.29) is 6.04 Å². The first-order chi connectivity index (χ1) is 7.19. The number of ether oxygens (including phenoxy) is 1. The molecule has 0 fully saturated rings. The summed E-state index contributed by atoms with van der Waals surface area (Å²) in [5.41, 5.74) is 8.12. The molecule has 1 atom stereocenters. The average Bonchev–Trinajstić information content (AvgIpc) is 2.21. The van der Waals surface area contributed by atoms with Gasteiger partial charge in [-0.1, -0.05) is 18.2 Å². The Morgan fingerprint density at radius 2 is 2.27 bits per heavy atom. The van der Waals surface area contributed by atoms with Crippen molar-refractivity contribution >= 4 is 0 Å². The molecule has 0 amide bonds. The van der Waals surface area contributed by atoms with Crippen LogP contribution in [0.4, 0.5) is 0 Å². The first-order valence-corrected chi connectivity index (χ1v) is 5.31. The second-order valence-corrected chi connectivity index (χ2v) is 3.58. The van der Waals surface area contributed by atoms with E-state index in [4.69, 9.17) is 10.5 Å². The van der Waals surface area contributed by atoms with E-state index < -0.39 is 0 Å². The largest absolute Gasteiger partial charge is 0.494 e. The fourth-order valence-electron chi connectivity index (χ4n) is 1.49. The Balaban J connectivity index is 3.02. The van der Waals surface area contributed by atoms with Crippen molar-refractivity contribution in [2.75, 3.05) is 6.61 Å². The third kappa shape index (κ3) is 3.10. The van der Waals surface area contributed by atoms with E-state index >= 15 is 0 Å². The molecule has 0 bridgehead atoms. The van der Waals surface area contributed by atoms with Crippen LogP contribution in [0, 0.1) is 0 Å². The summed E-state index contributed by atoms with van der Waals surface area (Å²) in [6.07, 6.45) is 2.69. The van der Waals surface area contributed by atoms with Crippen LogP contribution in [-0.4, -0.2) is 6.61 Å². The summed E-state index contributed by atoms with van der Waals surface area (Å²) in [6.45, 7) is 8.39. The lowest BCUT2D eigenvalue weighted by Gasteiger charge is -2.12. The van der Waals surface area contributed by atoms with Crippen LogP contribution in [0.25, 0.3) is 0 Å².